The molecule has 0 radical (unpaired) electrons. The van der Waals surface area contributed by atoms with Crippen LogP contribution in [0.2, 0.25) is 0 Å². The van der Waals surface area contributed by atoms with Crippen LogP contribution in [0.1, 0.15) is 23.0 Å². The molecule has 1 aromatic heterocycles. The fraction of sp³-hybridized carbons (Fsp3) is 0.375. The monoisotopic (exact) mass is 314 g/mol. The van der Waals surface area contributed by atoms with Gasteiger partial charge in [0.1, 0.15) is 0 Å². The molecule has 120 valence electrons. The van der Waals surface area contributed by atoms with Gasteiger partial charge in [0.15, 0.2) is 5.69 Å². The average Bonchev–Trinajstić information content (AvgIpc) is 3.14. The zero-order chi connectivity index (χ0) is 16.6. The molecule has 0 spiro atoms. The molecule has 1 fully saturated rings. The van der Waals surface area contributed by atoms with E-state index in [4.69, 9.17) is 5.11 Å². The van der Waals surface area contributed by atoms with E-state index >= 15 is 0 Å². The molecule has 1 aromatic carbocycles. The molecule has 2 atom stereocenters. The van der Waals surface area contributed by atoms with Crippen molar-refractivity contribution < 1.29 is 14.7 Å². The molecule has 0 aliphatic carbocycles. The fourth-order valence-corrected chi connectivity index (χ4v) is 2.80. The van der Waals surface area contributed by atoms with Crippen molar-refractivity contribution in [2.75, 3.05) is 13.1 Å². The Labute approximate surface area is 133 Å². The van der Waals surface area contributed by atoms with Crippen LogP contribution in [0.4, 0.5) is 0 Å². The summed E-state index contributed by atoms with van der Waals surface area (Å²) < 4.78 is 1.54. The number of hydrogen-bond donors (Lipinski definition) is 1. The number of hydrogen-bond acceptors (Lipinski definition) is 4. The number of aryl methyl sites for hydroxylation is 1. The van der Waals surface area contributed by atoms with Gasteiger partial charge in [0, 0.05) is 13.1 Å². The van der Waals surface area contributed by atoms with Gasteiger partial charge in [-0.2, -0.15) is 0 Å². The molecule has 1 saturated heterocycles. The first-order valence-corrected chi connectivity index (χ1v) is 7.47. The van der Waals surface area contributed by atoms with Gasteiger partial charge in [-0.25, -0.2) is 4.68 Å². The van der Waals surface area contributed by atoms with Crippen molar-refractivity contribution in [3.05, 3.63) is 41.7 Å². The van der Waals surface area contributed by atoms with Crippen LogP contribution in [0, 0.1) is 18.8 Å². The van der Waals surface area contributed by atoms with E-state index in [1.165, 1.54) is 4.90 Å². The molecule has 1 aliphatic rings. The maximum Gasteiger partial charge on any atom is 0.308 e. The van der Waals surface area contributed by atoms with E-state index in [1.807, 2.05) is 38.1 Å². The number of carboxylic acids is 1. The summed E-state index contributed by atoms with van der Waals surface area (Å²) in [5, 5.41) is 17.1. The second kappa shape index (κ2) is 5.83. The lowest BCUT2D eigenvalue weighted by molar-refractivity contribution is -0.142. The van der Waals surface area contributed by atoms with Gasteiger partial charge in [-0.15, -0.1) is 5.10 Å². The number of carboxylic acid groups (broad SMARTS) is 1. The van der Waals surface area contributed by atoms with E-state index in [2.05, 4.69) is 10.3 Å². The molecule has 7 heteroatoms. The first-order valence-electron chi connectivity index (χ1n) is 7.47. The van der Waals surface area contributed by atoms with Crippen LogP contribution in [0.3, 0.4) is 0 Å². The Morgan fingerprint density at radius 2 is 1.91 bits per heavy atom. The Morgan fingerprint density at radius 3 is 2.52 bits per heavy atom. The van der Waals surface area contributed by atoms with Crippen molar-refractivity contribution in [3.63, 3.8) is 0 Å². The smallest absolute Gasteiger partial charge is 0.308 e. The summed E-state index contributed by atoms with van der Waals surface area (Å²) in [6, 6.07) is 7.71. The highest BCUT2D eigenvalue weighted by Crippen LogP contribution is 2.24. The number of aliphatic carboxylic acids is 1. The SMILES string of the molecule is Cc1ccc(-n2cc(C(=O)N3C[C@@H](C)[C@H](C(=O)O)C3)nn2)cc1. The lowest BCUT2D eigenvalue weighted by Crippen LogP contribution is -2.30. The van der Waals surface area contributed by atoms with Crippen molar-refractivity contribution in [1.29, 1.82) is 0 Å². The number of rotatable bonds is 3. The summed E-state index contributed by atoms with van der Waals surface area (Å²) in [5.41, 5.74) is 2.18. The zero-order valence-electron chi connectivity index (χ0n) is 13.0. The maximum atomic E-state index is 12.5. The van der Waals surface area contributed by atoms with Crippen molar-refractivity contribution in [2.45, 2.75) is 13.8 Å². The molecule has 1 N–H and O–H groups in total. The number of aromatic nitrogens is 3. The number of likely N-dealkylation sites (tertiary alicyclic amines) is 1. The third-order valence-electron chi connectivity index (χ3n) is 4.23. The van der Waals surface area contributed by atoms with Gasteiger partial charge >= 0.3 is 5.97 Å². The van der Waals surface area contributed by atoms with Crippen LogP contribution in [0.15, 0.2) is 30.5 Å². The van der Waals surface area contributed by atoms with Gasteiger partial charge in [0.05, 0.1) is 17.8 Å². The summed E-state index contributed by atoms with van der Waals surface area (Å²) in [4.78, 5) is 25.2. The average molecular weight is 314 g/mol. The molecule has 3 rings (SSSR count). The Balaban J connectivity index is 1.77. The quantitative estimate of drug-likeness (QED) is 0.924. The lowest BCUT2D eigenvalue weighted by atomic mass is 9.99. The van der Waals surface area contributed by atoms with E-state index in [-0.39, 0.29) is 24.1 Å². The normalized spacial score (nSPS) is 20.7. The largest absolute Gasteiger partial charge is 0.481 e. The molecule has 0 unspecified atom stereocenters. The highest BCUT2D eigenvalue weighted by molar-refractivity contribution is 5.92. The minimum atomic E-state index is -0.865. The van der Waals surface area contributed by atoms with Crippen LogP contribution >= 0.6 is 0 Å². The predicted octanol–water partition coefficient (Wildman–Crippen LogP) is 1.37. The van der Waals surface area contributed by atoms with Crippen LogP contribution in [0.25, 0.3) is 5.69 Å². The van der Waals surface area contributed by atoms with E-state index < -0.39 is 11.9 Å². The van der Waals surface area contributed by atoms with Crippen LogP contribution < -0.4 is 0 Å². The van der Waals surface area contributed by atoms with Crippen LogP contribution in [-0.2, 0) is 4.79 Å². The standard InChI is InChI=1S/C16H18N4O3/c1-10-3-5-12(6-4-10)20-9-14(17-18-20)15(21)19-7-11(2)13(8-19)16(22)23/h3-6,9,11,13H,7-8H2,1-2H3,(H,22,23)/t11-,13-/m1/s1. The van der Waals surface area contributed by atoms with Gasteiger partial charge in [-0.3, -0.25) is 9.59 Å². The molecular formula is C16H18N4O3. The summed E-state index contributed by atoms with van der Waals surface area (Å²) in [5.74, 6) is -1.73. The first-order chi connectivity index (χ1) is 11.0. The van der Waals surface area contributed by atoms with Crippen molar-refractivity contribution in [3.8, 4) is 5.69 Å². The summed E-state index contributed by atoms with van der Waals surface area (Å²) in [6.07, 6.45) is 1.58. The molecule has 1 amide bonds. The van der Waals surface area contributed by atoms with Crippen molar-refractivity contribution in [2.24, 2.45) is 11.8 Å². The molecular weight excluding hydrogens is 296 g/mol. The van der Waals surface area contributed by atoms with E-state index in [1.54, 1.807) is 10.9 Å². The summed E-state index contributed by atoms with van der Waals surface area (Å²) >= 11 is 0. The minimum Gasteiger partial charge on any atom is -0.481 e. The Hall–Kier alpha value is -2.70. The maximum absolute atomic E-state index is 12.5. The lowest BCUT2D eigenvalue weighted by Gasteiger charge is -2.13. The van der Waals surface area contributed by atoms with E-state index in [0.29, 0.717) is 6.54 Å². The highest BCUT2D eigenvalue weighted by Gasteiger charge is 2.37. The number of amides is 1. The van der Waals surface area contributed by atoms with Gasteiger partial charge in [0.2, 0.25) is 0 Å². The van der Waals surface area contributed by atoms with E-state index in [0.717, 1.165) is 11.3 Å². The third-order valence-corrected chi connectivity index (χ3v) is 4.23. The number of nitrogens with zero attached hydrogens (tertiary/aromatic N) is 4. The summed E-state index contributed by atoms with van der Waals surface area (Å²) in [7, 11) is 0. The van der Waals surface area contributed by atoms with Gasteiger partial charge in [-0.1, -0.05) is 29.8 Å². The second-order valence-corrected chi connectivity index (χ2v) is 6.02. The van der Waals surface area contributed by atoms with Crippen LogP contribution in [-0.4, -0.2) is 50.0 Å². The minimum absolute atomic E-state index is 0.0661. The first kappa shape index (κ1) is 15.2. The summed E-state index contributed by atoms with van der Waals surface area (Å²) in [6.45, 7) is 4.47. The Morgan fingerprint density at radius 1 is 1.22 bits per heavy atom. The topological polar surface area (TPSA) is 88.3 Å². The van der Waals surface area contributed by atoms with Gasteiger partial charge in [0.25, 0.3) is 5.91 Å². The Bertz CT molecular complexity index is 738. The van der Waals surface area contributed by atoms with E-state index in [9.17, 15) is 9.59 Å². The fourth-order valence-electron chi connectivity index (χ4n) is 2.80. The predicted molar refractivity (Wildman–Crippen MR) is 82.3 cm³/mol. The Kier molecular flexibility index (Phi) is 3.85. The van der Waals surface area contributed by atoms with Crippen molar-refractivity contribution >= 4 is 11.9 Å². The molecule has 2 aromatic rings. The second-order valence-electron chi connectivity index (χ2n) is 6.02. The molecule has 0 bridgehead atoms. The number of benzene rings is 1. The molecule has 0 saturated carbocycles. The molecule has 1 aliphatic heterocycles. The van der Waals surface area contributed by atoms with Crippen LogP contribution in [0.5, 0.6) is 0 Å². The number of carbonyl (C=O) groups excluding carboxylic acids is 1. The van der Waals surface area contributed by atoms with Crippen molar-refractivity contribution in [1.82, 2.24) is 19.9 Å². The zero-order valence-corrected chi connectivity index (χ0v) is 13.0. The van der Waals surface area contributed by atoms with Gasteiger partial charge in [-0.05, 0) is 25.0 Å². The molecule has 23 heavy (non-hydrogen) atoms. The number of carbonyl (C=O) groups is 2. The third kappa shape index (κ3) is 2.94. The highest BCUT2D eigenvalue weighted by atomic mass is 16.4. The van der Waals surface area contributed by atoms with Gasteiger partial charge < -0.3 is 10.0 Å². The molecule has 2 heterocycles. The molecule has 7 nitrogen and oxygen atoms in total.